The standard InChI is InChI=1S/C68H57ClN2Si2/c1-67-43-23-24-44-68(67,2)71(66-38-22-21-37-63(66)67)52-46-50(69)45-51(47-52)70-64-41-39-59(72(53-25-9-3-10-26-53,54-27-11-4-12-28-54)55-29-13-5-14-30-55)48-61(64)62-49-60(40-42-65(62)70)73(56-31-15-6-16-32-56,57-33-17-7-18-34-57)58-35-19-8-20-36-58/h3-22,25-42,45-49H,23-24,43-44H2,1-2H3. The lowest BCUT2D eigenvalue weighted by Crippen LogP contribution is -2.74. The van der Waals surface area contributed by atoms with E-state index >= 15 is 0 Å². The number of aromatic nitrogens is 1. The molecule has 2 nitrogen and oxygen atoms in total. The lowest BCUT2D eigenvalue weighted by atomic mass is 9.61. The predicted molar refractivity (Wildman–Crippen MR) is 316 cm³/mol. The van der Waals surface area contributed by atoms with Crippen LogP contribution in [0, 0.1) is 0 Å². The first-order chi connectivity index (χ1) is 35.9. The largest absolute Gasteiger partial charge is 0.334 e. The summed E-state index contributed by atoms with van der Waals surface area (Å²) in [6, 6.07) is 98.6. The van der Waals surface area contributed by atoms with Gasteiger partial charge in [-0.05, 0) is 103 Å². The number of fused-ring (bicyclic) bond motifs is 6. The monoisotopic (exact) mass is 992 g/mol. The summed E-state index contributed by atoms with van der Waals surface area (Å²) in [5.74, 6) is 0. The lowest BCUT2D eigenvalue weighted by Gasteiger charge is -2.50. The highest BCUT2D eigenvalue weighted by Crippen LogP contribution is 2.61. The first-order valence-electron chi connectivity index (χ1n) is 26.0. The minimum absolute atomic E-state index is 0.0171. The summed E-state index contributed by atoms with van der Waals surface area (Å²) in [6.07, 6.45) is 4.74. The molecule has 73 heavy (non-hydrogen) atoms. The Kier molecular flexibility index (Phi) is 11.1. The predicted octanol–water partition coefficient (Wildman–Crippen LogP) is 11.9. The van der Waals surface area contributed by atoms with Crippen LogP contribution in [-0.2, 0) is 5.41 Å². The molecule has 1 fully saturated rings. The van der Waals surface area contributed by atoms with Gasteiger partial charge in [-0.15, -0.1) is 0 Å². The number of benzene rings is 10. The van der Waals surface area contributed by atoms with Gasteiger partial charge < -0.3 is 9.47 Å². The Balaban J connectivity index is 1.13. The van der Waals surface area contributed by atoms with Gasteiger partial charge in [0, 0.05) is 38.3 Å². The molecule has 0 saturated heterocycles. The van der Waals surface area contributed by atoms with Gasteiger partial charge in [0.05, 0.1) is 16.6 Å². The van der Waals surface area contributed by atoms with E-state index in [2.05, 4.69) is 284 Å². The van der Waals surface area contributed by atoms with Gasteiger partial charge in [-0.2, -0.15) is 0 Å². The van der Waals surface area contributed by atoms with E-state index in [0.29, 0.717) is 0 Å². The number of hydrogen-bond donors (Lipinski definition) is 0. The summed E-state index contributed by atoms with van der Waals surface area (Å²) < 4.78 is 2.51. The van der Waals surface area contributed by atoms with Crippen LogP contribution in [0.15, 0.2) is 261 Å². The van der Waals surface area contributed by atoms with Gasteiger partial charge in [0.25, 0.3) is 0 Å². The smallest absolute Gasteiger partial charge is 0.179 e. The van der Waals surface area contributed by atoms with E-state index in [1.807, 2.05) is 0 Å². The third-order valence-corrected chi connectivity index (χ3v) is 27.0. The normalized spacial score (nSPS) is 17.7. The molecule has 0 bridgehead atoms. The van der Waals surface area contributed by atoms with Crippen molar-refractivity contribution in [1.82, 2.24) is 4.57 Å². The Hall–Kier alpha value is -7.48. The highest BCUT2D eigenvalue weighted by molar-refractivity contribution is 7.20. The van der Waals surface area contributed by atoms with Gasteiger partial charge in [-0.1, -0.05) is 256 Å². The quantitative estimate of drug-likeness (QED) is 0.0979. The first kappa shape index (κ1) is 45.4. The van der Waals surface area contributed by atoms with Crippen molar-refractivity contribution in [2.45, 2.75) is 50.5 Å². The van der Waals surface area contributed by atoms with E-state index in [-0.39, 0.29) is 11.0 Å². The minimum atomic E-state index is -2.91. The Bertz CT molecular complexity index is 3410. The molecule has 0 spiro atoms. The summed E-state index contributed by atoms with van der Waals surface area (Å²) in [5.41, 5.74) is 7.16. The second-order valence-electron chi connectivity index (χ2n) is 20.8. The Morgan fingerprint density at radius 3 is 1.16 bits per heavy atom. The van der Waals surface area contributed by atoms with Crippen molar-refractivity contribution in [3.05, 3.63) is 271 Å². The van der Waals surface area contributed by atoms with Crippen LogP contribution in [0.3, 0.4) is 0 Å². The average molecular weight is 994 g/mol. The van der Waals surface area contributed by atoms with E-state index < -0.39 is 16.1 Å². The van der Waals surface area contributed by atoms with E-state index in [1.165, 1.54) is 82.8 Å². The fourth-order valence-electron chi connectivity index (χ4n) is 13.8. The first-order valence-corrected chi connectivity index (χ1v) is 30.4. The van der Waals surface area contributed by atoms with Crippen molar-refractivity contribution >= 4 is 102 Å². The van der Waals surface area contributed by atoms with Crippen molar-refractivity contribution in [3.8, 4) is 5.69 Å². The molecule has 0 amide bonds. The Labute approximate surface area is 436 Å². The molecule has 5 heteroatoms. The van der Waals surface area contributed by atoms with Crippen LogP contribution in [0.1, 0.15) is 45.1 Å². The van der Waals surface area contributed by atoms with E-state index in [9.17, 15) is 0 Å². The average Bonchev–Trinajstić information content (AvgIpc) is 3.88. The SMILES string of the molecule is CC12CCCCC1(C)N(c1cc(Cl)cc(-n3c4ccc([Si](c5ccccc5)(c5ccccc5)c5ccccc5)cc4c4cc([Si](c5ccccc5)(c5ccccc5)c5ccccc5)ccc43)c1)c1ccccc12. The summed E-state index contributed by atoms with van der Waals surface area (Å²) in [4.78, 5) is 2.65. The molecule has 354 valence electrons. The topological polar surface area (TPSA) is 8.17 Å². The van der Waals surface area contributed by atoms with Crippen molar-refractivity contribution in [2.75, 3.05) is 4.90 Å². The zero-order valence-electron chi connectivity index (χ0n) is 41.4. The maximum absolute atomic E-state index is 7.48. The summed E-state index contributed by atoms with van der Waals surface area (Å²) in [6.45, 7) is 5.01. The van der Waals surface area contributed by atoms with Crippen LogP contribution in [0.4, 0.5) is 11.4 Å². The maximum atomic E-state index is 7.48. The molecule has 2 aliphatic rings. The van der Waals surface area contributed by atoms with Gasteiger partial charge in [0.2, 0.25) is 0 Å². The molecule has 10 aromatic carbocycles. The summed E-state index contributed by atoms with van der Waals surface area (Å²) in [7, 11) is -5.83. The zero-order valence-corrected chi connectivity index (χ0v) is 44.2. The second kappa shape index (κ2) is 17.9. The van der Waals surface area contributed by atoms with Crippen LogP contribution >= 0.6 is 11.6 Å². The van der Waals surface area contributed by atoms with Gasteiger partial charge in [0.1, 0.15) is 0 Å². The molecule has 13 rings (SSSR count). The van der Waals surface area contributed by atoms with E-state index in [4.69, 9.17) is 11.6 Å². The molecule has 2 atom stereocenters. The molecule has 0 radical (unpaired) electrons. The molecule has 11 aromatic rings. The maximum Gasteiger partial charge on any atom is 0.179 e. The molecule has 0 N–H and O–H groups in total. The highest BCUT2D eigenvalue weighted by Gasteiger charge is 2.57. The number of rotatable bonds is 10. The summed E-state index contributed by atoms with van der Waals surface area (Å²) >= 11 is 7.48. The molecular weight excluding hydrogens is 936 g/mol. The minimum Gasteiger partial charge on any atom is -0.334 e. The van der Waals surface area contributed by atoms with Crippen LogP contribution in [0.25, 0.3) is 27.5 Å². The number of hydrogen-bond acceptors (Lipinski definition) is 1. The molecule has 1 aromatic heterocycles. The van der Waals surface area contributed by atoms with Crippen molar-refractivity contribution in [2.24, 2.45) is 0 Å². The third-order valence-electron chi connectivity index (χ3n) is 17.3. The number of nitrogens with zero attached hydrogens (tertiary/aromatic N) is 2. The van der Waals surface area contributed by atoms with Gasteiger partial charge in [0.15, 0.2) is 16.1 Å². The number of anilines is 2. The summed E-state index contributed by atoms with van der Waals surface area (Å²) in [5, 5.41) is 14.0. The Morgan fingerprint density at radius 2 is 0.740 bits per heavy atom. The molecule has 2 unspecified atom stereocenters. The molecule has 1 saturated carbocycles. The fraction of sp³-hybridized carbons (Fsp3) is 0.118. The number of halogens is 1. The van der Waals surface area contributed by atoms with Crippen LogP contribution in [0.5, 0.6) is 0 Å². The third kappa shape index (κ3) is 6.88. The van der Waals surface area contributed by atoms with Crippen LogP contribution in [-0.4, -0.2) is 26.3 Å². The van der Waals surface area contributed by atoms with E-state index in [1.54, 1.807) is 0 Å². The van der Waals surface area contributed by atoms with Crippen molar-refractivity contribution in [1.29, 1.82) is 0 Å². The molecule has 2 heterocycles. The molecular formula is C68H57ClN2Si2. The Morgan fingerprint density at radius 1 is 0.370 bits per heavy atom. The number of para-hydroxylation sites is 1. The highest BCUT2D eigenvalue weighted by atomic mass is 35.5. The van der Waals surface area contributed by atoms with Gasteiger partial charge in [-0.3, -0.25) is 0 Å². The fourth-order valence-corrected chi connectivity index (χ4v) is 23.6. The van der Waals surface area contributed by atoms with E-state index in [0.717, 1.165) is 33.9 Å². The van der Waals surface area contributed by atoms with Crippen molar-refractivity contribution in [3.63, 3.8) is 0 Å². The zero-order chi connectivity index (χ0) is 49.2. The molecule has 1 aliphatic carbocycles. The molecule has 1 aliphatic heterocycles. The van der Waals surface area contributed by atoms with Gasteiger partial charge >= 0.3 is 0 Å². The lowest BCUT2D eigenvalue weighted by molar-refractivity contribution is 0.195. The van der Waals surface area contributed by atoms with Gasteiger partial charge in [-0.25, -0.2) is 0 Å². The second-order valence-corrected chi connectivity index (χ2v) is 28.9. The van der Waals surface area contributed by atoms with Crippen molar-refractivity contribution < 1.29 is 0 Å². The van der Waals surface area contributed by atoms with Crippen LogP contribution in [0.2, 0.25) is 5.02 Å². The van der Waals surface area contributed by atoms with Crippen LogP contribution < -0.4 is 46.4 Å².